The summed E-state index contributed by atoms with van der Waals surface area (Å²) in [5.41, 5.74) is 2.03. The summed E-state index contributed by atoms with van der Waals surface area (Å²) in [5.74, 6) is -0.156. The Morgan fingerprint density at radius 1 is 1.35 bits per heavy atom. The molecule has 0 saturated heterocycles. The highest BCUT2D eigenvalue weighted by atomic mass is 35.5. The number of amides is 1. The molecule has 1 unspecified atom stereocenters. The van der Waals surface area contributed by atoms with Crippen molar-refractivity contribution >= 4 is 23.2 Å². The van der Waals surface area contributed by atoms with E-state index in [0.29, 0.717) is 16.3 Å². The molecule has 1 atom stereocenters. The maximum absolute atomic E-state index is 11.6. The number of aromatic nitrogens is 2. The molecule has 2 aromatic rings. The van der Waals surface area contributed by atoms with E-state index < -0.39 is 0 Å². The molecule has 0 fully saturated rings. The minimum Gasteiger partial charge on any atom is -0.376 e. The van der Waals surface area contributed by atoms with E-state index in [-0.39, 0.29) is 11.9 Å². The van der Waals surface area contributed by atoms with Crippen LogP contribution in [0.4, 0.5) is 5.69 Å². The molecular weight excluding hydrogens is 276 g/mol. The van der Waals surface area contributed by atoms with Crippen LogP contribution in [-0.4, -0.2) is 22.9 Å². The van der Waals surface area contributed by atoms with Gasteiger partial charge >= 0.3 is 0 Å². The number of anilines is 1. The van der Waals surface area contributed by atoms with Crippen LogP contribution in [0.2, 0.25) is 5.02 Å². The maximum Gasteiger partial charge on any atom is 0.251 e. The van der Waals surface area contributed by atoms with Crippen molar-refractivity contribution in [2.75, 3.05) is 12.4 Å². The molecule has 20 heavy (non-hydrogen) atoms. The Balaban J connectivity index is 2.22. The molecule has 104 valence electrons. The summed E-state index contributed by atoms with van der Waals surface area (Å²) in [5, 5.41) is 6.36. The second-order valence-electron chi connectivity index (χ2n) is 4.27. The minimum atomic E-state index is -0.156. The number of nitrogens with zero attached hydrogens (tertiary/aromatic N) is 2. The fourth-order valence-electron chi connectivity index (χ4n) is 1.76. The number of halogens is 1. The lowest BCUT2D eigenvalue weighted by atomic mass is 10.1. The second-order valence-corrected chi connectivity index (χ2v) is 4.68. The number of hydrogen-bond acceptors (Lipinski definition) is 4. The Hall–Kier alpha value is -2.14. The second kappa shape index (κ2) is 6.34. The van der Waals surface area contributed by atoms with Crippen LogP contribution in [0.15, 0.2) is 36.8 Å². The summed E-state index contributed by atoms with van der Waals surface area (Å²) in [6, 6.07) is 5.02. The standard InChI is InChI=1S/C14H15ClN4O/c1-9(13-8-17-5-6-18-13)19-12-7-10(14(20)16-2)3-4-11(12)15/h3-9,19H,1-2H3,(H,16,20). The number of hydrogen-bond donors (Lipinski definition) is 2. The van der Waals surface area contributed by atoms with Gasteiger partial charge in [-0.25, -0.2) is 0 Å². The molecule has 0 spiro atoms. The van der Waals surface area contributed by atoms with Crippen LogP contribution in [0, 0.1) is 0 Å². The first-order chi connectivity index (χ1) is 9.61. The molecule has 0 aliphatic carbocycles. The molecule has 2 N–H and O–H groups in total. The van der Waals surface area contributed by atoms with E-state index in [2.05, 4.69) is 20.6 Å². The molecule has 5 nitrogen and oxygen atoms in total. The lowest BCUT2D eigenvalue weighted by Gasteiger charge is -2.16. The van der Waals surface area contributed by atoms with Crippen molar-refractivity contribution in [2.45, 2.75) is 13.0 Å². The summed E-state index contributed by atoms with van der Waals surface area (Å²) < 4.78 is 0. The third-order valence-corrected chi connectivity index (χ3v) is 3.18. The molecule has 0 radical (unpaired) electrons. The Morgan fingerprint density at radius 2 is 2.15 bits per heavy atom. The van der Waals surface area contributed by atoms with Crippen molar-refractivity contribution in [2.24, 2.45) is 0 Å². The Kier molecular flexibility index (Phi) is 4.53. The van der Waals surface area contributed by atoms with Crippen LogP contribution < -0.4 is 10.6 Å². The van der Waals surface area contributed by atoms with Crippen LogP contribution >= 0.6 is 11.6 Å². The smallest absolute Gasteiger partial charge is 0.251 e. The van der Waals surface area contributed by atoms with E-state index in [9.17, 15) is 4.79 Å². The van der Waals surface area contributed by atoms with Crippen molar-refractivity contribution in [3.63, 3.8) is 0 Å². The average molecular weight is 291 g/mol. The van der Waals surface area contributed by atoms with Gasteiger partial charge in [0.15, 0.2) is 0 Å². The van der Waals surface area contributed by atoms with E-state index in [0.717, 1.165) is 5.69 Å². The molecule has 1 amide bonds. The van der Waals surface area contributed by atoms with Gasteiger partial charge in [0.1, 0.15) is 0 Å². The topological polar surface area (TPSA) is 66.9 Å². The van der Waals surface area contributed by atoms with Gasteiger partial charge in [-0.2, -0.15) is 0 Å². The Labute approximate surface area is 122 Å². The molecule has 1 aromatic heterocycles. The average Bonchev–Trinajstić information content (AvgIpc) is 2.49. The molecule has 0 aliphatic rings. The van der Waals surface area contributed by atoms with Crippen molar-refractivity contribution in [3.05, 3.63) is 53.1 Å². The largest absolute Gasteiger partial charge is 0.376 e. The molecule has 0 saturated carbocycles. The third kappa shape index (κ3) is 3.24. The van der Waals surface area contributed by atoms with E-state index in [1.807, 2.05) is 6.92 Å². The predicted octanol–water partition coefficient (Wildman–Crippen LogP) is 2.66. The summed E-state index contributed by atoms with van der Waals surface area (Å²) in [6.07, 6.45) is 4.94. The first-order valence-corrected chi connectivity index (χ1v) is 6.53. The molecule has 0 aliphatic heterocycles. The number of carbonyl (C=O) groups excluding carboxylic acids is 1. The van der Waals surface area contributed by atoms with Gasteiger partial charge in [0.25, 0.3) is 5.91 Å². The monoisotopic (exact) mass is 290 g/mol. The van der Waals surface area contributed by atoms with Crippen molar-refractivity contribution in [1.29, 1.82) is 0 Å². The summed E-state index contributed by atoms with van der Waals surface area (Å²) in [6.45, 7) is 1.95. The highest BCUT2D eigenvalue weighted by Crippen LogP contribution is 2.26. The van der Waals surface area contributed by atoms with Crippen molar-refractivity contribution in [1.82, 2.24) is 15.3 Å². The van der Waals surface area contributed by atoms with Gasteiger partial charge < -0.3 is 10.6 Å². The van der Waals surface area contributed by atoms with Crippen LogP contribution in [0.25, 0.3) is 0 Å². The van der Waals surface area contributed by atoms with Gasteiger partial charge in [-0.05, 0) is 25.1 Å². The summed E-state index contributed by atoms with van der Waals surface area (Å²) >= 11 is 6.15. The minimum absolute atomic E-state index is 0.0684. The van der Waals surface area contributed by atoms with Crippen LogP contribution in [-0.2, 0) is 0 Å². The zero-order valence-corrected chi connectivity index (χ0v) is 12.0. The molecule has 1 heterocycles. The summed E-state index contributed by atoms with van der Waals surface area (Å²) in [7, 11) is 1.59. The van der Waals surface area contributed by atoms with Gasteiger partial charge in [-0.15, -0.1) is 0 Å². The van der Waals surface area contributed by atoms with E-state index in [1.54, 1.807) is 43.8 Å². The Morgan fingerprint density at radius 3 is 2.80 bits per heavy atom. The predicted molar refractivity (Wildman–Crippen MR) is 78.9 cm³/mol. The molecule has 6 heteroatoms. The maximum atomic E-state index is 11.6. The first-order valence-electron chi connectivity index (χ1n) is 6.16. The van der Waals surface area contributed by atoms with Crippen LogP contribution in [0.3, 0.4) is 0 Å². The van der Waals surface area contributed by atoms with E-state index in [1.165, 1.54) is 0 Å². The van der Waals surface area contributed by atoms with Crippen LogP contribution in [0.5, 0.6) is 0 Å². The summed E-state index contributed by atoms with van der Waals surface area (Å²) in [4.78, 5) is 19.9. The highest BCUT2D eigenvalue weighted by Gasteiger charge is 2.11. The highest BCUT2D eigenvalue weighted by molar-refractivity contribution is 6.33. The fourth-order valence-corrected chi connectivity index (χ4v) is 1.93. The normalized spacial score (nSPS) is 11.8. The van der Waals surface area contributed by atoms with Gasteiger partial charge in [-0.1, -0.05) is 11.6 Å². The first kappa shape index (κ1) is 14.3. The van der Waals surface area contributed by atoms with E-state index in [4.69, 9.17) is 11.6 Å². The lowest BCUT2D eigenvalue weighted by Crippen LogP contribution is -2.18. The number of carbonyl (C=O) groups is 1. The zero-order chi connectivity index (χ0) is 14.5. The van der Waals surface area contributed by atoms with Crippen molar-refractivity contribution < 1.29 is 4.79 Å². The molecule has 2 rings (SSSR count). The zero-order valence-electron chi connectivity index (χ0n) is 11.2. The third-order valence-electron chi connectivity index (χ3n) is 2.85. The molecule has 1 aromatic carbocycles. The van der Waals surface area contributed by atoms with Gasteiger partial charge in [0.05, 0.1) is 28.6 Å². The van der Waals surface area contributed by atoms with Gasteiger partial charge in [0.2, 0.25) is 0 Å². The molecule has 0 bridgehead atoms. The van der Waals surface area contributed by atoms with Crippen LogP contribution in [0.1, 0.15) is 29.0 Å². The quantitative estimate of drug-likeness (QED) is 0.908. The number of rotatable bonds is 4. The SMILES string of the molecule is CNC(=O)c1ccc(Cl)c(NC(C)c2cnccn2)c1. The van der Waals surface area contributed by atoms with E-state index >= 15 is 0 Å². The van der Waals surface area contributed by atoms with Crippen molar-refractivity contribution in [3.8, 4) is 0 Å². The Bertz CT molecular complexity index is 603. The van der Waals surface area contributed by atoms with Gasteiger partial charge in [0, 0.05) is 25.0 Å². The number of nitrogens with one attached hydrogen (secondary N) is 2. The number of benzene rings is 1. The lowest BCUT2D eigenvalue weighted by molar-refractivity contribution is 0.0963. The fraction of sp³-hybridized carbons (Fsp3) is 0.214. The van der Waals surface area contributed by atoms with Gasteiger partial charge in [-0.3, -0.25) is 14.8 Å². The molecular formula is C14H15ClN4O.